The molecule has 0 aliphatic carbocycles. The van der Waals surface area contributed by atoms with E-state index in [1.807, 2.05) is 37.8 Å². The van der Waals surface area contributed by atoms with Crippen LogP contribution >= 0.6 is 11.6 Å². The average Bonchev–Trinajstić information content (AvgIpc) is 3.06. The largest absolute Gasteiger partial charge is 0.464 e. The number of aromatic nitrogens is 2. The molecule has 0 bridgehead atoms. The summed E-state index contributed by atoms with van der Waals surface area (Å²) in [5.74, 6) is 7.38. The van der Waals surface area contributed by atoms with Crippen molar-refractivity contribution in [1.82, 2.24) is 20.1 Å². The number of hydrogen-bond acceptors (Lipinski definition) is 5. The van der Waals surface area contributed by atoms with Crippen molar-refractivity contribution in [1.29, 1.82) is 0 Å². The molecule has 0 aliphatic rings. The van der Waals surface area contributed by atoms with E-state index in [1.165, 1.54) is 0 Å². The molecule has 0 amide bonds. The van der Waals surface area contributed by atoms with Crippen molar-refractivity contribution in [3.63, 3.8) is 0 Å². The first-order chi connectivity index (χ1) is 10.1. The summed E-state index contributed by atoms with van der Waals surface area (Å²) in [6.07, 6.45) is 2.48. The van der Waals surface area contributed by atoms with Crippen molar-refractivity contribution in [2.75, 3.05) is 20.6 Å². The van der Waals surface area contributed by atoms with E-state index in [4.69, 9.17) is 21.9 Å². The third-order valence-corrected chi connectivity index (χ3v) is 3.64. The molecule has 0 saturated carbocycles. The van der Waals surface area contributed by atoms with E-state index in [0.717, 1.165) is 36.7 Å². The fourth-order valence-corrected chi connectivity index (χ4v) is 2.42. The summed E-state index contributed by atoms with van der Waals surface area (Å²) < 4.78 is 7.65. The second-order valence-electron chi connectivity index (χ2n) is 5.16. The lowest BCUT2D eigenvalue weighted by molar-refractivity contribution is 0.358. The molecule has 2 heterocycles. The lowest BCUT2D eigenvalue weighted by Gasteiger charge is -2.18. The van der Waals surface area contributed by atoms with E-state index in [-0.39, 0.29) is 6.04 Å². The number of aryl methyl sites for hydroxylation is 1. The molecule has 1 unspecified atom stereocenters. The van der Waals surface area contributed by atoms with Gasteiger partial charge in [-0.25, -0.2) is 5.43 Å². The Kier molecular flexibility index (Phi) is 5.41. The zero-order valence-electron chi connectivity index (χ0n) is 12.6. The van der Waals surface area contributed by atoms with E-state index in [9.17, 15) is 0 Å². The summed E-state index contributed by atoms with van der Waals surface area (Å²) in [7, 11) is 4.03. The molecule has 0 saturated heterocycles. The summed E-state index contributed by atoms with van der Waals surface area (Å²) in [4.78, 5) is 2.09. The highest BCUT2D eigenvalue weighted by Gasteiger charge is 2.24. The molecule has 7 heteroatoms. The number of nitrogens with two attached hydrogens (primary N) is 1. The number of halogens is 1. The Morgan fingerprint density at radius 2 is 2.24 bits per heavy atom. The van der Waals surface area contributed by atoms with Crippen LogP contribution in [0, 0.1) is 0 Å². The SMILES string of the molecule is CCc1ccc(C(NN)c2c(Cl)cnn2CCN(C)C)o1. The molecule has 1 atom stereocenters. The van der Waals surface area contributed by atoms with Gasteiger partial charge in [-0.3, -0.25) is 10.5 Å². The van der Waals surface area contributed by atoms with Gasteiger partial charge in [-0.2, -0.15) is 5.10 Å². The first-order valence-electron chi connectivity index (χ1n) is 6.97. The third kappa shape index (κ3) is 3.65. The van der Waals surface area contributed by atoms with Gasteiger partial charge >= 0.3 is 0 Å². The second kappa shape index (κ2) is 7.09. The summed E-state index contributed by atoms with van der Waals surface area (Å²) in [6, 6.07) is 3.55. The molecule has 0 fully saturated rings. The summed E-state index contributed by atoms with van der Waals surface area (Å²) >= 11 is 6.29. The second-order valence-corrected chi connectivity index (χ2v) is 5.57. The molecule has 2 aromatic heterocycles. The Morgan fingerprint density at radius 3 is 2.81 bits per heavy atom. The van der Waals surface area contributed by atoms with Crippen molar-refractivity contribution in [2.45, 2.75) is 25.9 Å². The van der Waals surface area contributed by atoms with Gasteiger partial charge < -0.3 is 9.32 Å². The molecule has 2 aromatic rings. The zero-order chi connectivity index (χ0) is 15.4. The first kappa shape index (κ1) is 16.0. The number of nitrogens with one attached hydrogen (secondary N) is 1. The van der Waals surface area contributed by atoms with Crippen LogP contribution in [0.25, 0.3) is 0 Å². The van der Waals surface area contributed by atoms with Gasteiger partial charge in [-0.1, -0.05) is 18.5 Å². The van der Waals surface area contributed by atoms with Gasteiger partial charge in [0.25, 0.3) is 0 Å². The fourth-order valence-electron chi connectivity index (χ4n) is 2.17. The quantitative estimate of drug-likeness (QED) is 0.602. The molecule has 3 N–H and O–H groups in total. The molecule has 116 valence electrons. The van der Waals surface area contributed by atoms with Crippen LogP contribution in [-0.4, -0.2) is 35.3 Å². The molecular weight excluding hydrogens is 290 g/mol. The van der Waals surface area contributed by atoms with Crippen LogP contribution in [0.5, 0.6) is 0 Å². The minimum Gasteiger partial charge on any atom is -0.464 e. The van der Waals surface area contributed by atoms with Gasteiger partial charge in [0, 0.05) is 13.0 Å². The number of nitrogens with zero attached hydrogens (tertiary/aromatic N) is 3. The van der Waals surface area contributed by atoms with E-state index < -0.39 is 0 Å². The summed E-state index contributed by atoms with van der Waals surface area (Å²) in [5.41, 5.74) is 3.59. The van der Waals surface area contributed by atoms with E-state index >= 15 is 0 Å². The van der Waals surface area contributed by atoms with Gasteiger partial charge in [-0.05, 0) is 26.2 Å². The van der Waals surface area contributed by atoms with Gasteiger partial charge in [-0.15, -0.1) is 0 Å². The van der Waals surface area contributed by atoms with Gasteiger partial charge in [0.2, 0.25) is 0 Å². The number of furan rings is 1. The molecular formula is C14H22ClN5O. The third-order valence-electron chi connectivity index (χ3n) is 3.35. The Labute approximate surface area is 129 Å². The standard InChI is InChI=1S/C14H22ClN5O/c1-4-10-5-6-12(21-10)13(18-16)14-11(15)9-17-20(14)8-7-19(2)3/h5-6,9,13,18H,4,7-8,16H2,1-3H3. The molecule has 0 radical (unpaired) electrons. The minimum atomic E-state index is -0.317. The summed E-state index contributed by atoms with van der Waals surface area (Å²) in [5, 5.41) is 4.90. The smallest absolute Gasteiger partial charge is 0.128 e. The highest BCUT2D eigenvalue weighted by molar-refractivity contribution is 6.31. The van der Waals surface area contributed by atoms with Gasteiger partial charge in [0.1, 0.15) is 17.6 Å². The van der Waals surface area contributed by atoms with E-state index in [0.29, 0.717) is 5.02 Å². The number of hydrogen-bond donors (Lipinski definition) is 2. The van der Waals surface area contributed by atoms with Crippen molar-refractivity contribution >= 4 is 11.6 Å². The van der Waals surface area contributed by atoms with Crippen LogP contribution in [0.2, 0.25) is 5.02 Å². The van der Waals surface area contributed by atoms with Crippen molar-refractivity contribution in [3.05, 3.63) is 40.6 Å². The van der Waals surface area contributed by atoms with Crippen molar-refractivity contribution in [2.24, 2.45) is 5.84 Å². The normalized spacial score (nSPS) is 13.0. The molecule has 21 heavy (non-hydrogen) atoms. The Morgan fingerprint density at radius 1 is 1.48 bits per heavy atom. The van der Waals surface area contributed by atoms with Crippen LogP contribution < -0.4 is 11.3 Å². The Bertz CT molecular complexity index is 578. The van der Waals surface area contributed by atoms with Gasteiger partial charge in [0.15, 0.2) is 0 Å². The van der Waals surface area contributed by atoms with Gasteiger partial charge in [0.05, 0.1) is 23.5 Å². The molecule has 6 nitrogen and oxygen atoms in total. The van der Waals surface area contributed by atoms with Crippen LogP contribution in [0.15, 0.2) is 22.7 Å². The predicted octanol–water partition coefficient (Wildman–Crippen LogP) is 1.81. The highest BCUT2D eigenvalue weighted by Crippen LogP contribution is 2.29. The topological polar surface area (TPSA) is 72.2 Å². The molecule has 0 spiro atoms. The Hall–Kier alpha value is -1.34. The molecule has 0 aromatic carbocycles. The lowest BCUT2D eigenvalue weighted by atomic mass is 10.1. The molecule has 2 rings (SSSR count). The number of hydrazine groups is 1. The maximum atomic E-state index is 6.29. The average molecular weight is 312 g/mol. The van der Waals surface area contributed by atoms with Crippen LogP contribution in [-0.2, 0) is 13.0 Å². The molecule has 0 aliphatic heterocycles. The van der Waals surface area contributed by atoms with Crippen molar-refractivity contribution < 1.29 is 4.42 Å². The Balaban J connectivity index is 2.30. The highest BCUT2D eigenvalue weighted by atomic mass is 35.5. The predicted molar refractivity (Wildman–Crippen MR) is 83.0 cm³/mol. The number of rotatable bonds is 7. The number of likely N-dealkylation sites (N-methyl/N-ethyl adjacent to an activating group) is 1. The fraction of sp³-hybridized carbons (Fsp3) is 0.500. The summed E-state index contributed by atoms with van der Waals surface area (Å²) in [6.45, 7) is 3.64. The maximum absolute atomic E-state index is 6.29. The van der Waals surface area contributed by atoms with E-state index in [2.05, 4.69) is 15.4 Å². The lowest BCUT2D eigenvalue weighted by Crippen LogP contribution is -2.31. The maximum Gasteiger partial charge on any atom is 0.128 e. The van der Waals surface area contributed by atoms with Crippen LogP contribution in [0.4, 0.5) is 0 Å². The first-order valence-corrected chi connectivity index (χ1v) is 7.35. The minimum absolute atomic E-state index is 0.317. The van der Waals surface area contributed by atoms with Crippen molar-refractivity contribution in [3.8, 4) is 0 Å². The zero-order valence-corrected chi connectivity index (χ0v) is 13.4. The monoisotopic (exact) mass is 311 g/mol. The van der Waals surface area contributed by atoms with Crippen LogP contribution in [0.3, 0.4) is 0 Å². The van der Waals surface area contributed by atoms with E-state index in [1.54, 1.807) is 6.20 Å². The van der Waals surface area contributed by atoms with Crippen LogP contribution in [0.1, 0.15) is 30.2 Å².